The van der Waals surface area contributed by atoms with Crippen molar-refractivity contribution in [3.63, 3.8) is 0 Å². The first kappa shape index (κ1) is 16.6. The molecule has 0 unspecified atom stereocenters. The number of rotatable bonds is 5. The van der Waals surface area contributed by atoms with Crippen LogP contribution in [0, 0.1) is 11.6 Å². The van der Waals surface area contributed by atoms with Gasteiger partial charge in [-0.15, -0.1) is 0 Å². The summed E-state index contributed by atoms with van der Waals surface area (Å²) in [5.74, 6) is -0.835. The van der Waals surface area contributed by atoms with Gasteiger partial charge in [0.1, 0.15) is 11.6 Å². The van der Waals surface area contributed by atoms with Crippen LogP contribution < -0.4 is 10.1 Å². The topological polar surface area (TPSA) is 56.2 Å². The Labute approximate surface area is 142 Å². The lowest BCUT2D eigenvalue weighted by Crippen LogP contribution is -2.24. The van der Waals surface area contributed by atoms with E-state index in [1.165, 1.54) is 36.1 Å². The fourth-order valence-electron chi connectivity index (χ4n) is 2.26. The maximum absolute atomic E-state index is 13.0. The number of methoxy groups -OCH3 is 1. The van der Waals surface area contributed by atoms with E-state index in [2.05, 4.69) is 10.4 Å². The minimum absolute atomic E-state index is 0.105. The number of hydrogen-bond acceptors (Lipinski definition) is 3. The SMILES string of the molecule is COc1cn(-c2ccc(F)cc2)nc1C(=O)NCc1ccc(F)cc1. The molecule has 0 atom stereocenters. The van der Waals surface area contributed by atoms with Crippen LogP contribution in [-0.2, 0) is 6.54 Å². The number of carbonyl (C=O) groups excluding carboxylic acids is 1. The molecular weight excluding hydrogens is 328 g/mol. The summed E-state index contributed by atoms with van der Waals surface area (Å²) in [4.78, 5) is 12.4. The van der Waals surface area contributed by atoms with Gasteiger partial charge in [-0.25, -0.2) is 13.5 Å². The molecule has 1 N–H and O–H groups in total. The number of nitrogens with one attached hydrogen (secondary N) is 1. The van der Waals surface area contributed by atoms with Crippen LogP contribution in [0.25, 0.3) is 5.69 Å². The molecule has 0 aliphatic carbocycles. The first-order valence-corrected chi connectivity index (χ1v) is 7.49. The fraction of sp³-hybridized carbons (Fsp3) is 0.111. The predicted octanol–water partition coefficient (Wildman–Crippen LogP) is 3.09. The lowest BCUT2D eigenvalue weighted by Gasteiger charge is -2.05. The number of nitrogens with zero attached hydrogens (tertiary/aromatic N) is 2. The van der Waals surface area contributed by atoms with E-state index in [1.807, 2.05) is 0 Å². The molecule has 0 spiro atoms. The van der Waals surface area contributed by atoms with Crippen LogP contribution in [0.1, 0.15) is 16.1 Å². The largest absolute Gasteiger partial charge is 0.493 e. The van der Waals surface area contributed by atoms with Crippen LogP contribution in [0.2, 0.25) is 0 Å². The van der Waals surface area contributed by atoms with E-state index >= 15 is 0 Å². The Morgan fingerprint density at radius 3 is 2.28 bits per heavy atom. The molecule has 0 saturated heterocycles. The molecule has 0 saturated carbocycles. The summed E-state index contributed by atoms with van der Waals surface area (Å²) in [6.07, 6.45) is 1.54. The summed E-state index contributed by atoms with van der Waals surface area (Å²) in [7, 11) is 1.43. The van der Waals surface area contributed by atoms with Gasteiger partial charge in [-0.1, -0.05) is 12.1 Å². The number of halogens is 2. The van der Waals surface area contributed by atoms with Crippen LogP contribution in [-0.4, -0.2) is 22.8 Å². The van der Waals surface area contributed by atoms with E-state index in [0.29, 0.717) is 11.4 Å². The number of amides is 1. The Morgan fingerprint density at radius 1 is 1.08 bits per heavy atom. The minimum Gasteiger partial charge on any atom is -0.493 e. The third kappa shape index (κ3) is 3.82. The van der Waals surface area contributed by atoms with Crippen LogP contribution in [0.4, 0.5) is 8.78 Å². The van der Waals surface area contributed by atoms with Crippen molar-refractivity contribution in [1.82, 2.24) is 15.1 Å². The van der Waals surface area contributed by atoms with Crippen molar-refractivity contribution in [1.29, 1.82) is 0 Å². The molecule has 3 aromatic rings. The molecule has 0 aliphatic rings. The lowest BCUT2D eigenvalue weighted by atomic mass is 10.2. The van der Waals surface area contributed by atoms with E-state index < -0.39 is 5.91 Å². The second-order valence-corrected chi connectivity index (χ2v) is 5.28. The molecule has 25 heavy (non-hydrogen) atoms. The number of carbonyl (C=O) groups is 1. The van der Waals surface area contributed by atoms with Gasteiger partial charge in [0.25, 0.3) is 5.91 Å². The smallest absolute Gasteiger partial charge is 0.275 e. The van der Waals surface area contributed by atoms with Gasteiger partial charge in [0.2, 0.25) is 0 Å². The Hall–Kier alpha value is -3.22. The Kier molecular flexibility index (Phi) is 4.74. The normalized spacial score (nSPS) is 10.5. The lowest BCUT2D eigenvalue weighted by molar-refractivity contribution is 0.0942. The van der Waals surface area contributed by atoms with Crippen LogP contribution in [0.3, 0.4) is 0 Å². The number of ether oxygens (including phenoxy) is 1. The molecule has 3 rings (SSSR count). The summed E-state index contributed by atoms with van der Waals surface area (Å²) in [6.45, 7) is 0.228. The zero-order chi connectivity index (χ0) is 17.8. The maximum Gasteiger partial charge on any atom is 0.275 e. The van der Waals surface area contributed by atoms with E-state index in [9.17, 15) is 13.6 Å². The summed E-state index contributed by atoms with van der Waals surface area (Å²) in [5.41, 5.74) is 1.46. The molecule has 0 bridgehead atoms. The number of aromatic nitrogens is 2. The van der Waals surface area contributed by atoms with Crippen molar-refractivity contribution >= 4 is 5.91 Å². The summed E-state index contributed by atoms with van der Waals surface area (Å²) < 4.78 is 32.6. The van der Waals surface area contributed by atoms with Crippen LogP contribution in [0.15, 0.2) is 54.7 Å². The number of benzene rings is 2. The average Bonchev–Trinajstić information content (AvgIpc) is 3.06. The highest BCUT2D eigenvalue weighted by molar-refractivity contribution is 5.94. The van der Waals surface area contributed by atoms with Crippen molar-refractivity contribution in [2.45, 2.75) is 6.54 Å². The third-order valence-corrected chi connectivity index (χ3v) is 3.57. The van der Waals surface area contributed by atoms with Gasteiger partial charge >= 0.3 is 0 Å². The van der Waals surface area contributed by atoms with Gasteiger partial charge < -0.3 is 10.1 Å². The molecule has 0 aliphatic heterocycles. The molecule has 0 fully saturated rings. The second-order valence-electron chi connectivity index (χ2n) is 5.28. The monoisotopic (exact) mass is 343 g/mol. The van der Waals surface area contributed by atoms with Gasteiger partial charge in [0, 0.05) is 6.54 Å². The van der Waals surface area contributed by atoms with Gasteiger partial charge in [0.05, 0.1) is 19.0 Å². The molecule has 2 aromatic carbocycles. The fourth-order valence-corrected chi connectivity index (χ4v) is 2.26. The quantitative estimate of drug-likeness (QED) is 0.774. The van der Waals surface area contributed by atoms with E-state index in [4.69, 9.17) is 4.74 Å². The molecule has 128 valence electrons. The second kappa shape index (κ2) is 7.12. The maximum atomic E-state index is 13.0. The third-order valence-electron chi connectivity index (χ3n) is 3.57. The molecule has 5 nitrogen and oxygen atoms in total. The van der Waals surface area contributed by atoms with Crippen LogP contribution >= 0.6 is 0 Å². The Balaban J connectivity index is 1.77. The number of hydrogen-bond donors (Lipinski definition) is 1. The van der Waals surface area contributed by atoms with E-state index in [0.717, 1.165) is 5.56 Å². The van der Waals surface area contributed by atoms with Crippen molar-refractivity contribution in [3.05, 3.63) is 77.6 Å². The summed E-state index contributed by atoms with van der Waals surface area (Å²) >= 11 is 0. The average molecular weight is 343 g/mol. The molecule has 0 radical (unpaired) electrons. The highest BCUT2D eigenvalue weighted by Crippen LogP contribution is 2.19. The van der Waals surface area contributed by atoms with E-state index in [1.54, 1.807) is 30.5 Å². The first-order valence-electron chi connectivity index (χ1n) is 7.49. The minimum atomic E-state index is -0.429. The van der Waals surface area contributed by atoms with Gasteiger partial charge in [0.15, 0.2) is 11.4 Å². The molecule has 1 heterocycles. The highest BCUT2D eigenvalue weighted by Gasteiger charge is 2.18. The molecule has 1 amide bonds. The van der Waals surface area contributed by atoms with Crippen molar-refractivity contribution < 1.29 is 18.3 Å². The highest BCUT2D eigenvalue weighted by atomic mass is 19.1. The Bertz CT molecular complexity index is 874. The van der Waals surface area contributed by atoms with Gasteiger partial charge in [-0.3, -0.25) is 4.79 Å². The summed E-state index contributed by atoms with van der Waals surface area (Å²) in [5, 5.41) is 6.91. The molecule has 1 aromatic heterocycles. The predicted molar refractivity (Wildman–Crippen MR) is 87.6 cm³/mol. The molecular formula is C18H15F2N3O2. The van der Waals surface area contributed by atoms with Gasteiger partial charge in [-0.05, 0) is 42.0 Å². The molecule has 7 heteroatoms. The zero-order valence-corrected chi connectivity index (χ0v) is 13.4. The summed E-state index contributed by atoms with van der Waals surface area (Å²) in [6, 6.07) is 11.5. The first-order chi connectivity index (χ1) is 12.1. The van der Waals surface area contributed by atoms with Gasteiger partial charge in [-0.2, -0.15) is 5.10 Å². The Morgan fingerprint density at radius 2 is 1.68 bits per heavy atom. The standard InChI is InChI=1S/C18H15F2N3O2/c1-25-16-11-23(15-8-6-14(20)7-9-15)22-17(16)18(24)21-10-12-2-4-13(19)5-3-12/h2-9,11H,10H2,1H3,(H,21,24). The van der Waals surface area contributed by atoms with Crippen molar-refractivity contribution in [2.75, 3.05) is 7.11 Å². The van der Waals surface area contributed by atoms with E-state index in [-0.39, 0.29) is 23.9 Å². The zero-order valence-electron chi connectivity index (χ0n) is 13.4. The van der Waals surface area contributed by atoms with Crippen molar-refractivity contribution in [3.8, 4) is 11.4 Å². The van der Waals surface area contributed by atoms with Crippen molar-refractivity contribution in [2.24, 2.45) is 0 Å². The van der Waals surface area contributed by atoms with Crippen LogP contribution in [0.5, 0.6) is 5.75 Å².